The molecule has 0 bridgehead atoms. The van der Waals surface area contributed by atoms with Gasteiger partial charge in [0.25, 0.3) is 0 Å². The molecule has 1 aromatic heterocycles. The Hall–Kier alpha value is -2.46. The van der Waals surface area contributed by atoms with Gasteiger partial charge in [0, 0.05) is 48.6 Å². The molecule has 1 fully saturated rings. The van der Waals surface area contributed by atoms with E-state index in [1.165, 1.54) is 5.39 Å². The summed E-state index contributed by atoms with van der Waals surface area (Å²) < 4.78 is 0. The number of hydrogen-bond acceptors (Lipinski definition) is 2. The molecule has 1 saturated heterocycles. The molecule has 0 unspecified atom stereocenters. The van der Waals surface area contributed by atoms with Crippen LogP contribution in [0.2, 0.25) is 5.02 Å². The number of carbonyl (C=O) groups excluding carboxylic acids is 1. The first-order chi connectivity index (χ1) is 12.2. The lowest BCUT2D eigenvalue weighted by molar-refractivity contribution is -0.130. The Balaban J connectivity index is 1.37. The van der Waals surface area contributed by atoms with Crippen LogP contribution in [-0.4, -0.2) is 42.0 Å². The van der Waals surface area contributed by atoms with Crippen molar-refractivity contribution < 1.29 is 4.79 Å². The molecular weight excluding hydrogens is 334 g/mol. The molecule has 1 aliphatic heterocycles. The zero-order valence-electron chi connectivity index (χ0n) is 13.9. The van der Waals surface area contributed by atoms with E-state index < -0.39 is 0 Å². The first-order valence-electron chi connectivity index (χ1n) is 8.53. The molecule has 4 rings (SSSR count). The van der Waals surface area contributed by atoms with E-state index in [9.17, 15) is 4.79 Å². The predicted octanol–water partition coefficient (Wildman–Crippen LogP) is 3.71. The minimum absolute atomic E-state index is 0.191. The van der Waals surface area contributed by atoms with Crippen LogP contribution in [0.1, 0.15) is 5.56 Å². The normalized spacial score (nSPS) is 14.9. The maximum Gasteiger partial charge on any atom is 0.227 e. The number of fused-ring (bicyclic) bond motifs is 1. The topological polar surface area (TPSA) is 39.3 Å². The number of rotatable bonds is 3. The SMILES string of the molecule is O=C(Cc1ccc2cc[nH]c2c1)N1CCN(c2cccc(Cl)c2)CC1. The number of halogens is 1. The minimum Gasteiger partial charge on any atom is -0.368 e. The molecule has 0 radical (unpaired) electrons. The minimum atomic E-state index is 0.191. The quantitative estimate of drug-likeness (QED) is 0.779. The summed E-state index contributed by atoms with van der Waals surface area (Å²) in [5.41, 5.74) is 3.25. The summed E-state index contributed by atoms with van der Waals surface area (Å²) in [6, 6.07) is 16.1. The van der Waals surface area contributed by atoms with E-state index >= 15 is 0 Å². The number of piperazine rings is 1. The van der Waals surface area contributed by atoms with Crippen molar-refractivity contribution in [2.24, 2.45) is 0 Å². The molecule has 0 aliphatic carbocycles. The van der Waals surface area contributed by atoms with E-state index in [4.69, 9.17) is 11.6 Å². The standard InChI is InChI=1S/C20H20ClN3O/c21-17-2-1-3-18(14-17)23-8-10-24(11-9-23)20(25)13-15-4-5-16-6-7-22-19(16)12-15/h1-7,12,14,22H,8-11,13H2. The van der Waals surface area contributed by atoms with Crippen molar-refractivity contribution in [2.75, 3.05) is 31.1 Å². The monoisotopic (exact) mass is 353 g/mol. The maximum absolute atomic E-state index is 12.6. The summed E-state index contributed by atoms with van der Waals surface area (Å²) in [5.74, 6) is 0.191. The van der Waals surface area contributed by atoms with E-state index in [1.54, 1.807) is 0 Å². The van der Waals surface area contributed by atoms with Crippen LogP contribution < -0.4 is 4.90 Å². The van der Waals surface area contributed by atoms with Gasteiger partial charge in [0.2, 0.25) is 5.91 Å². The van der Waals surface area contributed by atoms with Gasteiger partial charge in [-0.1, -0.05) is 29.8 Å². The van der Waals surface area contributed by atoms with E-state index in [-0.39, 0.29) is 5.91 Å². The van der Waals surface area contributed by atoms with Crippen LogP contribution in [0.3, 0.4) is 0 Å². The fraction of sp³-hybridized carbons (Fsp3) is 0.250. The fourth-order valence-electron chi connectivity index (χ4n) is 3.38. The number of nitrogens with zero attached hydrogens (tertiary/aromatic N) is 2. The molecule has 1 aliphatic rings. The molecule has 2 aromatic carbocycles. The molecule has 1 amide bonds. The largest absolute Gasteiger partial charge is 0.368 e. The number of H-pyrrole nitrogens is 1. The van der Waals surface area contributed by atoms with Gasteiger partial charge >= 0.3 is 0 Å². The van der Waals surface area contributed by atoms with E-state index in [2.05, 4.69) is 28.1 Å². The Kier molecular flexibility index (Phi) is 4.36. The van der Waals surface area contributed by atoms with Crippen LogP contribution in [0.4, 0.5) is 5.69 Å². The molecule has 25 heavy (non-hydrogen) atoms. The highest BCUT2D eigenvalue weighted by atomic mass is 35.5. The summed E-state index contributed by atoms with van der Waals surface area (Å²) in [7, 11) is 0. The highest BCUT2D eigenvalue weighted by Crippen LogP contribution is 2.21. The molecule has 0 spiro atoms. The number of benzene rings is 2. The van der Waals surface area contributed by atoms with Gasteiger partial charge < -0.3 is 14.8 Å². The van der Waals surface area contributed by atoms with Gasteiger partial charge in [-0.3, -0.25) is 4.79 Å². The number of carbonyl (C=O) groups is 1. The van der Waals surface area contributed by atoms with Crippen LogP contribution in [0.15, 0.2) is 54.7 Å². The maximum atomic E-state index is 12.6. The predicted molar refractivity (Wildman–Crippen MR) is 102 cm³/mol. The summed E-state index contributed by atoms with van der Waals surface area (Å²) in [4.78, 5) is 20.1. The number of anilines is 1. The van der Waals surface area contributed by atoms with Gasteiger partial charge in [-0.25, -0.2) is 0 Å². The van der Waals surface area contributed by atoms with Crippen molar-refractivity contribution in [1.82, 2.24) is 9.88 Å². The molecule has 4 nitrogen and oxygen atoms in total. The molecular formula is C20H20ClN3O. The third-order valence-electron chi connectivity index (χ3n) is 4.78. The van der Waals surface area contributed by atoms with Gasteiger partial charge in [0.05, 0.1) is 6.42 Å². The number of amides is 1. The lowest BCUT2D eigenvalue weighted by Crippen LogP contribution is -2.49. The average molecular weight is 354 g/mol. The van der Waals surface area contributed by atoms with E-state index in [0.29, 0.717) is 6.42 Å². The van der Waals surface area contributed by atoms with E-state index in [1.807, 2.05) is 41.4 Å². The second-order valence-corrected chi connectivity index (χ2v) is 6.86. The van der Waals surface area contributed by atoms with Crippen LogP contribution in [0.25, 0.3) is 10.9 Å². The summed E-state index contributed by atoms with van der Waals surface area (Å²) in [6.07, 6.45) is 2.37. The summed E-state index contributed by atoms with van der Waals surface area (Å²) in [6.45, 7) is 3.16. The first kappa shape index (κ1) is 16.0. The van der Waals surface area contributed by atoms with Crippen LogP contribution >= 0.6 is 11.6 Å². The molecule has 0 atom stereocenters. The first-order valence-corrected chi connectivity index (χ1v) is 8.91. The van der Waals surface area contributed by atoms with Crippen molar-refractivity contribution in [3.8, 4) is 0 Å². The molecule has 1 N–H and O–H groups in total. The van der Waals surface area contributed by atoms with Crippen molar-refractivity contribution in [2.45, 2.75) is 6.42 Å². The lowest BCUT2D eigenvalue weighted by atomic mass is 10.1. The van der Waals surface area contributed by atoms with Gasteiger partial charge in [0.15, 0.2) is 0 Å². The molecule has 128 valence electrons. The van der Waals surface area contributed by atoms with Gasteiger partial charge in [-0.05, 0) is 41.3 Å². The third-order valence-corrected chi connectivity index (χ3v) is 5.02. The average Bonchev–Trinajstić information content (AvgIpc) is 3.09. The van der Waals surface area contributed by atoms with Crippen molar-refractivity contribution in [3.63, 3.8) is 0 Å². The number of aromatic amines is 1. The molecule has 5 heteroatoms. The van der Waals surface area contributed by atoms with Crippen molar-refractivity contribution in [3.05, 3.63) is 65.3 Å². The van der Waals surface area contributed by atoms with Crippen molar-refractivity contribution in [1.29, 1.82) is 0 Å². The van der Waals surface area contributed by atoms with Gasteiger partial charge in [-0.2, -0.15) is 0 Å². The van der Waals surface area contributed by atoms with Crippen LogP contribution in [0, 0.1) is 0 Å². The van der Waals surface area contributed by atoms with Gasteiger partial charge in [0.1, 0.15) is 0 Å². The van der Waals surface area contributed by atoms with Crippen molar-refractivity contribution >= 4 is 34.1 Å². The Morgan fingerprint density at radius 3 is 2.68 bits per heavy atom. The number of aromatic nitrogens is 1. The highest BCUT2D eigenvalue weighted by molar-refractivity contribution is 6.30. The number of nitrogens with one attached hydrogen (secondary N) is 1. The second-order valence-electron chi connectivity index (χ2n) is 6.42. The zero-order chi connectivity index (χ0) is 17.2. The number of hydrogen-bond donors (Lipinski definition) is 1. The molecule has 2 heterocycles. The van der Waals surface area contributed by atoms with E-state index in [0.717, 1.165) is 48.0 Å². The Morgan fingerprint density at radius 1 is 1.04 bits per heavy atom. The van der Waals surface area contributed by atoms with Crippen LogP contribution in [0.5, 0.6) is 0 Å². The zero-order valence-corrected chi connectivity index (χ0v) is 14.7. The molecule has 0 saturated carbocycles. The summed E-state index contributed by atoms with van der Waals surface area (Å²) >= 11 is 6.07. The lowest BCUT2D eigenvalue weighted by Gasteiger charge is -2.36. The molecule has 3 aromatic rings. The highest BCUT2D eigenvalue weighted by Gasteiger charge is 2.21. The third kappa shape index (κ3) is 3.49. The van der Waals surface area contributed by atoms with Gasteiger partial charge in [-0.15, -0.1) is 0 Å². The smallest absolute Gasteiger partial charge is 0.227 e. The van der Waals surface area contributed by atoms with Crippen LogP contribution in [-0.2, 0) is 11.2 Å². The Bertz CT molecular complexity index is 897. The Morgan fingerprint density at radius 2 is 1.88 bits per heavy atom. The second kappa shape index (κ2) is 6.81. The summed E-state index contributed by atoms with van der Waals surface area (Å²) in [5, 5.41) is 1.92. The fourth-order valence-corrected chi connectivity index (χ4v) is 3.56. The Labute approximate surface area is 152 Å².